The number of carbonyl (C=O) groups excluding carboxylic acids is 2. The molecule has 1 heterocycles. The fourth-order valence-corrected chi connectivity index (χ4v) is 3.76. The van der Waals surface area contributed by atoms with Crippen LogP contribution in [0.3, 0.4) is 0 Å². The monoisotopic (exact) mass is 490 g/mol. The minimum absolute atomic E-state index is 0.263. The van der Waals surface area contributed by atoms with Gasteiger partial charge in [0, 0.05) is 4.47 Å². The summed E-state index contributed by atoms with van der Waals surface area (Å²) in [5, 5.41) is 0. The Morgan fingerprint density at radius 2 is 1.75 bits per heavy atom. The molecule has 0 fully saturated rings. The SMILES string of the molecule is COC(=O)c1ccc(/C=C2/N=C(c3ccccc3OC)N(c3cccc(Br)c3)C2=O)cc1. The number of halogens is 1. The highest BCUT2D eigenvalue weighted by Crippen LogP contribution is 2.32. The first-order valence-corrected chi connectivity index (χ1v) is 10.5. The highest BCUT2D eigenvalue weighted by atomic mass is 79.9. The molecule has 3 aromatic carbocycles. The number of benzene rings is 3. The van der Waals surface area contributed by atoms with Crippen LogP contribution in [0.1, 0.15) is 21.5 Å². The zero-order valence-electron chi connectivity index (χ0n) is 17.4. The van der Waals surface area contributed by atoms with E-state index < -0.39 is 5.97 Å². The fraction of sp³-hybridized carbons (Fsp3) is 0.0800. The summed E-state index contributed by atoms with van der Waals surface area (Å²) in [6.45, 7) is 0. The predicted molar refractivity (Wildman–Crippen MR) is 127 cm³/mol. The first-order chi connectivity index (χ1) is 15.5. The molecular weight excluding hydrogens is 472 g/mol. The molecule has 0 radical (unpaired) electrons. The molecule has 3 aromatic rings. The van der Waals surface area contributed by atoms with E-state index >= 15 is 0 Å². The van der Waals surface area contributed by atoms with Gasteiger partial charge in [-0.1, -0.05) is 46.3 Å². The first-order valence-electron chi connectivity index (χ1n) is 9.74. The van der Waals surface area contributed by atoms with Gasteiger partial charge in [0.1, 0.15) is 11.4 Å². The summed E-state index contributed by atoms with van der Waals surface area (Å²) >= 11 is 3.47. The van der Waals surface area contributed by atoms with Crippen LogP contribution < -0.4 is 9.64 Å². The van der Waals surface area contributed by atoms with Gasteiger partial charge in [0.05, 0.1) is 31.0 Å². The van der Waals surface area contributed by atoms with Gasteiger partial charge >= 0.3 is 5.97 Å². The standard InChI is InChI=1S/C25H19BrN2O4/c1-31-22-9-4-3-8-20(22)23-27-21(14-16-10-12-17(13-11-16)25(30)32-2)24(29)28(23)19-7-5-6-18(26)15-19/h3-15H,1-2H3/b21-14+. The van der Waals surface area contributed by atoms with E-state index in [9.17, 15) is 9.59 Å². The van der Waals surface area contributed by atoms with E-state index in [1.54, 1.807) is 42.4 Å². The summed E-state index contributed by atoms with van der Waals surface area (Å²) in [5.74, 6) is 0.408. The Hall–Kier alpha value is -3.71. The number of esters is 1. The molecule has 0 saturated heterocycles. The second-order valence-electron chi connectivity index (χ2n) is 6.90. The van der Waals surface area contributed by atoms with Crippen molar-refractivity contribution in [2.24, 2.45) is 4.99 Å². The van der Waals surface area contributed by atoms with Crippen LogP contribution in [0.15, 0.2) is 88.0 Å². The smallest absolute Gasteiger partial charge is 0.337 e. The summed E-state index contributed by atoms with van der Waals surface area (Å²) < 4.78 is 11.1. The molecule has 0 spiro atoms. The summed E-state index contributed by atoms with van der Waals surface area (Å²) in [5.41, 5.74) is 2.82. The van der Waals surface area contributed by atoms with E-state index in [1.807, 2.05) is 48.5 Å². The predicted octanol–water partition coefficient (Wildman–Crippen LogP) is 5.08. The second-order valence-corrected chi connectivity index (χ2v) is 7.81. The van der Waals surface area contributed by atoms with Crippen molar-refractivity contribution in [3.63, 3.8) is 0 Å². The highest BCUT2D eigenvalue weighted by Gasteiger charge is 2.33. The van der Waals surface area contributed by atoms with E-state index in [1.165, 1.54) is 7.11 Å². The number of nitrogens with zero attached hydrogens (tertiary/aromatic N) is 2. The third-order valence-electron chi connectivity index (χ3n) is 4.91. The molecule has 7 heteroatoms. The van der Waals surface area contributed by atoms with Crippen molar-refractivity contribution >= 4 is 45.4 Å². The van der Waals surface area contributed by atoms with Crippen molar-refractivity contribution in [1.29, 1.82) is 0 Å². The van der Waals surface area contributed by atoms with Crippen molar-refractivity contribution in [2.45, 2.75) is 0 Å². The van der Waals surface area contributed by atoms with Gasteiger partial charge in [0.2, 0.25) is 0 Å². The van der Waals surface area contributed by atoms with Crippen LogP contribution in [0.25, 0.3) is 6.08 Å². The largest absolute Gasteiger partial charge is 0.496 e. The molecule has 160 valence electrons. The molecule has 1 aliphatic heterocycles. The minimum Gasteiger partial charge on any atom is -0.496 e. The van der Waals surface area contributed by atoms with Crippen LogP contribution in [-0.4, -0.2) is 31.9 Å². The Bertz CT molecular complexity index is 1250. The topological polar surface area (TPSA) is 68.2 Å². The summed E-state index contributed by atoms with van der Waals surface area (Å²) in [7, 11) is 2.92. The number of para-hydroxylation sites is 1. The van der Waals surface area contributed by atoms with Crippen LogP contribution in [0.4, 0.5) is 5.69 Å². The molecular formula is C25H19BrN2O4. The molecule has 0 saturated carbocycles. The van der Waals surface area contributed by atoms with Crippen molar-refractivity contribution < 1.29 is 19.1 Å². The molecule has 0 aliphatic carbocycles. The van der Waals surface area contributed by atoms with E-state index in [0.717, 1.165) is 10.0 Å². The lowest BCUT2D eigenvalue weighted by atomic mass is 10.1. The number of hydrogen-bond donors (Lipinski definition) is 0. The number of rotatable bonds is 5. The number of amides is 1. The normalized spacial score (nSPS) is 14.5. The van der Waals surface area contributed by atoms with Gasteiger partial charge in [-0.05, 0) is 54.1 Å². The lowest BCUT2D eigenvalue weighted by Gasteiger charge is -2.20. The first kappa shape index (κ1) is 21.5. The molecule has 6 nitrogen and oxygen atoms in total. The maximum absolute atomic E-state index is 13.4. The van der Waals surface area contributed by atoms with Gasteiger partial charge in [-0.25, -0.2) is 9.79 Å². The van der Waals surface area contributed by atoms with Crippen LogP contribution in [0.2, 0.25) is 0 Å². The number of methoxy groups -OCH3 is 2. The molecule has 0 unspecified atom stereocenters. The van der Waals surface area contributed by atoms with E-state index in [-0.39, 0.29) is 11.6 Å². The molecule has 0 N–H and O–H groups in total. The summed E-state index contributed by atoms with van der Waals surface area (Å²) in [6, 6.07) is 21.7. The highest BCUT2D eigenvalue weighted by molar-refractivity contribution is 9.10. The van der Waals surface area contributed by atoms with Gasteiger partial charge in [-0.2, -0.15) is 0 Å². The third-order valence-corrected chi connectivity index (χ3v) is 5.40. The van der Waals surface area contributed by atoms with Crippen molar-refractivity contribution in [3.8, 4) is 5.75 Å². The van der Waals surface area contributed by atoms with Gasteiger partial charge in [0.25, 0.3) is 5.91 Å². The number of ether oxygens (including phenoxy) is 2. The maximum atomic E-state index is 13.4. The lowest BCUT2D eigenvalue weighted by Crippen LogP contribution is -2.32. The third kappa shape index (κ3) is 4.20. The van der Waals surface area contributed by atoms with Crippen molar-refractivity contribution in [2.75, 3.05) is 19.1 Å². The molecule has 0 atom stereocenters. The van der Waals surface area contributed by atoms with Crippen LogP contribution in [0.5, 0.6) is 5.75 Å². The summed E-state index contributed by atoms with van der Waals surface area (Å²) in [4.78, 5) is 31.4. The van der Waals surface area contributed by atoms with Gasteiger partial charge in [0.15, 0.2) is 5.84 Å². The quantitative estimate of drug-likeness (QED) is 0.369. The molecule has 0 bridgehead atoms. The summed E-state index contributed by atoms with van der Waals surface area (Å²) in [6.07, 6.45) is 1.69. The number of aliphatic imine (C=N–C) groups is 1. The maximum Gasteiger partial charge on any atom is 0.337 e. The number of anilines is 1. The minimum atomic E-state index is -0.418. The zero-order chi connectivity index (χ0) is 22.7. The Labute approximate surface area is 193 Å². The van der Waals surface area contributed by atoms with Gasteiger partial charge in [-0.3, -0.25) is 9.69 Å². The zero-order valence-corrected chi connectivity index (χ0v) is 19.0. The van der Waals surface area contributed by atoms with Crippen molar-refractivity contribution in [1.82, 2.24) is 0 Å². The van der Waals surface area contributed by atoms with Gasteiger partial charge in [-0.15, -0.1) is 0 Å². The molecule has 1 amide bonds. The Morgan fingerprint density at radius 3 is 2.44 bits per heavy atom. The number of hydrogen-bond acceptors (Lipinski definition) is 5. The van der Waals surface area contributed by atoms with Crippen LogP contribution in [-0.2, 0) is 9.53 Å². The van der Waals surface area contributed by atoms with Crippen molar-refractivity contribution in [3.05, 3.63) is 99.7 Å². The van der Waals surface area contributed by atoms with E-state index in [4.69, 9.17) is 9.47 Å². The Morgan fingerprint density at radius 1 is 1.00 bits per heavy atom. The Kier molecular flexibility index (Phi) is 6.18. The fourth-order valence-electron chi connectivity index (χ4n) is 3.37. The van der Waals surface area contributed by atoms with E-state index in [0.29, 0.717) is 28.4 Å². The van der Waals surface area contributed by atoms with E-state index in [2.05, 4.69) is 20.9 Å². The average molecular weight is 491 g/mol. The van der Waals surface area contributed by atoms with Crippen LogP contribution in [0, 0.1) is 0 Å². The molecule has 1 aliphatic rings. The number of carbonyl (C=O) groups is 2. The lowest BCUT2D eigenvalue weighted by molar-refractivity contribution is -0.113. The van der Waals surface area contributed by atoms with Crippen LogP contribution >= 0.6 is 15.9 Å². The average Bonchev–Trinajstić information content (AvgIpc) is 3.14. The van der Waals surface area contributed by atoms with Gasteiger partial charge < -0.3 is 9.47 Å². The Balaban J connectivity index is 1.80. The molecule has 0 aromatic heterocycles. The number of amidine groups is 1. The second kappa shape index (κ2) is 9.20. The molecule has 4 rings (SSSR count). The molecule has 32 heavy (non-hydrogen) atoms.